The number of halogens is 3. The summed E-state index contributed by atoms with van der Waals surface area (Å²) in [5.74, 6) is 0. The molecule has 16 heavy (non-hydrogen) atoms. The van der Waals surface area contributed by atoms with Crippen LogP contribution >= 0.6 is 0 Å². The van der Waals surface area contributed by atoms with Crippen molar-refractivity contribution in [2.75, 3.05) is 19.8 Å². The summed E-state index contributed by atoms with van der Waals surface area (Å²) in [6, 6.07) is 6.33. The summed E-state index contributed by atoms with van der Waals surface area (Å²) in [5, 5.41) is 8.43. The molecule has 1 rings (SSSR count). The third-order valence-electron chi connectivity index (χ3n) is 1.98. The number of rotatable bonds is 5. The molecule has 0 heterocycles. The molecule has 0 aliphatic carbocycles. The van der Waals surface area contributed by atoms with Crippen molar-refractivity contribution >= 4 is 0 Å². The van der Waals surface area contributed by atoms with Crippen molar-refractivity contribution in [2.24, 2.45) is 0 Å². The fourth-order valence-electron chi connectivity index (χ4n) is 1.28. The maximum absolute atomic E-state index is 12.5. The number of alkyl halides is 3. The van der Waals surface area contributed by atoms with Gasteiger partial charge in [0.15, 0.2) is 0 Å². The molecular weight excluding hydrogens is 221 g/mol. The Labute approximate surface area is 91.7 Å². The molecule has 0 aromatic heterocycles. The lowest BCUT2D eigenvalue weighted by atomic mass is 10.0. The van der Waals surface area contributed by atoms with E-state index >= 15 is 0 Å². The quantitative estimate of drug-likeness (QED) is 0.789. The molecule has 1 radical (unpaired) electrons. The zero-order valence-corrected chi connectivity index (χ0v) is 8.55. The van der Waals surface area contributed by atoms with Crippen molar-refractivity contribution in [3.05, 3.63) is 35.4 Å². The van der Waals surface area contributed by atoms with Gasteiger partial charge in [0, 0.05) is 0 Å². The van der Waals surface area contributed by atoms with Gasteiger partial charge in [-0.1, -0.05) is 12.1 Å². The summed E-state index contributed by atoms with van der Waals surface area (Å²) in [6.07, 6.45) is -4.22. The third-order valence-corrected chi connectivity index (χ3v) is 1.98. The molecule has 0 spiro atoms. The van der Waals surface area contributed by atoms with Crippen LogP contribution in [0.1, 0.15) is 11.1 Å². The maximum Gasteiger partial charge on any atom is 0.416 e. The van der Waals surface area contributed by atoms with Crippen LogP contribution in [-0.4, -0.2) is 24.9 Å². The predicted molar refractivity (Wildman–Crippen MR) is 51.9 cm³/mol. The molecule has 1 N–H and O–H groups in total. The van der Waals surface area contributed by atoms with E-state index in [9.17, 15) is 13.2 Å². The minimum Gasteiger partial charge on any atom is -0.394 e. The second-order valence-corrected chi connectivity index (χ2v) is 3.15. The highest BCUT2D eigenvalue weighted by atomic mass is 19.4. The van der Waals surface area contributed by atoms with Gasteiger partial charge in [-0.3, -0.25) is 0 Å². The number of hydrogen-bond acceptors (Lipinski definition) is 2. The van der Waals surface area contributed by atoms with E-state index in [1.54, 1.807) is 0 Å². The van der Waals surface area contributed by atoms with Crippen molar-refractivity contribution < 1.29 is 23.0 Å². The zero-order valence-electron chi connectivity index (χ0n) is 8.55. The summed E-state index contributed by atoms with van der Waals surface area (Å²) in [6.45, 7) is 0.142. The van der Waals surface area contributed by atoms with Crippen molar-refractivity contribution in [3.8, 4) is 0 Å². The summed E-state index contributed by atoms with van der Waals surface area (Å²) in [4.78, 5) is 0. The molecule has 0 saturated carbocycles. The number of aliphatic hydroxyl groups is 1. The molecule has 0 aliphatic heterocycles. The highest BCUT2D eigenvalue weighted by molar-refractivity contribution is 5.28. The van der Waals surface area contributed by atoms with Crippen LogP contribution in [0.2, 0.25) is 0 Å². The lowest BCUT2D eigenvalue weighted by Crippen LogP contribution is -2.11. The second kappa shape index (κ2) is 5.86. The molecule has 0 saturated heterocycles. The summed E-state index contributed by atoms with van der Waals surface area (Å²) < 4.78 is 42.5. The second-order valence-electron chi connectivity index (χ2n) is 3.15. The van der Waals surface area contributed by atoms with Gasteiger partial charge in [-0.25, -0.2) is 0 Å². The van der Waals surface area contributed by atoms with Gasteiger partial charge < -0.3 is 9.84 Å². The summed E-state index contributed by atoms with van der Waals surface area (Å²) in [5.41, 5.74) is -0.587. The van der Waals surface area contributed by atoms with Crippen LogP contribution in [0.15, 0.2) is 18.2 Å². The summed E-state index contributed by atoms with van der Waals surface area (Å²) in [7, 11) is 0. The molecule has 1 aromatic carbocycles. The van der Waals surface area contributed by atoms with Crippen LogP contribution in [0.4, 0.5) is 13.2 Å². The van der Waals surface area contributed by atoms with Crippen molar-refractivity contribution in [1.29, 1.82) is 0 Å². The lowest BCUT2D eigenvalue weighted by Gasteiger charge is -2.12. The normalized spacial score (nSPS) is 11.8. The molecule has 0 atom stereocenters. The fourth-order valence-corrected chi connectivity index (χ4v) is 1.28. The molecule has 0 aliphatic rings. The first-order valence-electron chi connectivity index (χ1n) is 4.81. The van der Waals surface area contributed by atoms with Gasteiger partial charge in [-0.05, 0) is 24.1 Å². The molecule has 0 amide bonds. The molecular formula is C11H12F3O2. The minimum atomic E-state index is -4.36. The van der Waals surface area contributed by atoms with E-state index in [0.29, 0.717) is 0 Å². The molecule has 2 nitrogen and oxygen atoms in total. The average molecular weight is 233 g/mol. The standard InChI is InChI=1S/C11H12F3O2/c12-11(13,14)10-4-2-1-3-9(10)5-7-16-8-6-15/h1-2,4,15H,5-8H2. The highest BCUT2D eigenvalue weighted by Gasteiger charge is 2.32. The lowest BCUT2D eigenvalue weighted by molar-refractivity contribution is -0.138. The van der Waals surface area contributed by atoms with Gasteiger partial charge in [-0.2, -0.15) is 13.2 Å². The van der Waals surface area contributed by atoms with Gasteiger partial charge >= 0.3 is 6.18 Å². The van der Waals surface area contributed by atoms with E-state index in [1.165, 1.54) is 12.1 Å². The number of hydrogen-bond donors (Lipinski definition) is 1. The summed E-state index contributed by atoms with van der Waals surface area (Å²) >= 11 is 0. The minimum absolute atomic E-state index is 0.0907. The van der Waals surface area contributed by atoms with Crippen LogP contribution in [-0.2, 0) is 17.3 Å². The number of aliphatic hydroxyl groups excluding tert-OH is 1. The molecule has 5 heteroatoms. The van der Waals surface area contributed by atoms with Crippen molar-refractivity contribution in [3.63, 3.8) is 0 Å². The Morgan fingerprint density at radius 3 is 2.69 bits per heavy atom. The van der Waals surface area contributed by atoms with E-state index in [1.807, 2.05) is 0 Å². The van der Waals surface area contributed by atoms with E-state index in [2.05, 4.69) is 6.07 Å². The van der Waals surface area contributed by atoms with E-state index in [0.717, 1.165) is 6.07 Å². The van der Waals surface area contributed by atoms with E-state index in [4.69, 9.17) is 9.84 Å². The Morgan fingerprint density at radius 1 is 1.31 bits per heavy atom. The zero-order chi connectivity index (χ0) is 12.0. The smallest absolute Gasteiger partial charge is 0.394 e. The predicted octanol–water partition coefficient (Wildman–Crippen LogP) is 2.06. The fraction of sp³-hybridized carbons (Fsp3) is 0.455. The van der Waals surface area contributed by atoms with Gasteiger partial charge in [-0.15, -0.1) is 0 Å². The van der Waals surface area contributed by atoms with Crippen molar-refractivity contribution in [1.82, 2.24) is 0 Å². The van der Waals surface area contributed by atoms with Crippen LogP contribution in [0.25, 0.3) is 0 Å². The first kappa shape index (κ1) is 13.0. The van der Waals surface area contributed by atoms with Crippen LogP contribution in [0.3, 0.4) is 0 Å². The first-order chi connectivity index (χ1) is 7.55. The van der Waals surface area contributed by atoms with E-state index < -0.39 is 11.7 Å². The highest BCUT2D eigenvalue weighted by Crippen LogP contribution is 2.31. The molecule has 0 fully saturated rings. The Morgan fingerprint density at radius 2 is 2.06 bits per heavy atom. The monoisotopic (exact) mass is 233 g/mol. The third kappa shape index (κ3) is 3.83. The van der Waals surface area contributed by atoms with Gasteiger partial charge in [0.05, 0.1) is 25.4 Å². The maximum atomic E-state index is 12.5. The Balaban J connectivity index is 2.65. The van der Waals surface area contributed by atoms with Gasteiger partial charge in [0.2, 0.25) is 0 Å². The Bertz CT molecular complexity index is 323. The average Bonchev–Trinajstić information content (AvgIpc) is 2.24. The van der Waals surface area contributed by atoms with Crippen molar-refractivity contribution in [2.45, 2.75) is 12.6 Å². The van der Waals surface area contributed by atoms with Crippen LogP contribution in [0, 0.1) is 6.07 Å². The molecule has 0 unspecified atom stereocenters. The molecule has 1 aromatic rings. The van der Waals surface area contributed by atoms with Crippen LogP contribution in [0.5, 0.6) is 0 Å². The number of benzene rings is 1. The topological polar surface area (TPSA) is 29.5 Å². The molecule has 89 valence electrons. The molecule has 0 bridgehead atoms. The van der Waals surface area contributed by atoms with Gasteiger partial charge in [0.25, 0.3) is 0 Å². The Kier molecular flexibility index (Phi) is 4.76. The SMILES string of the molecule is OCCOCCc1[c]cccc1C(F)(F)F. The Hall–Kier alpha value is -1.07. The van der Waals surface area contributed by atoms with Gasteiger partial charge in [0.1, 0.15) is 0 Å². The van der Waals surface area contributed by atoms with Crippen LogP contribution < -0.4 is 0 Å². The number of ether oxygens (including phenoxy) is 1. The van der Waals surface area contributed by atoms with E-state index in [-0.39, 0.29) is 31.8 Å². The first-order valence-corrected chi connectivity index (χ1v) is 4.81. The largest absolute Gasteiger partial charge is 0.416 e.